The Labute approximate surface area is 114 Å². The van der Waals surface area contributed by atoms with Gasteiger partial charge in [0.15, 0.2) is 0 Å². The number of nitrogens with zero attached hydrogens (tertiary/aromatic N) is 1. The average molecular weight is 262 g/mol. The lowest BCUT2D eigenvalue weighted by Gasteiger charge is -2.09. The number of hydrogen-bond acceptors (Lipinski definition) is 3. The minimum absolute atomic E-state index is 0.0889. The number of aromatic nitrogens is 1. The quantitative estimate of drug-likeness (QED) is 0.855. The summed E-state index contributed by atoms with van der Waals surface area (Å²) >= 11 is 0. The molecule has 2 heterocycles. The van der Waals surface area contributed by atoms with Crippen molar-refractivity contribution in [3.8, 4) is 0 Å². The van der Waals surface area contributed by atoms with Crippen LogP contribution >= 0.6 is 0 Å². The molecule has 0 spiro atoms. The molecule has 1 atom stereocenters. The fourth-order valence-corrected chi connectivity index (χ4v) is 2.16. The number of rotatable bonds is 6. The van der Waals surface area contributed by atoms with E-state index in [4.69, 9.17) is 4.74 Å². The first-order chi connectivity index (χ1) is 9.29. The maximum absolute atomic E-state index is 11.9. The van der Waals surface area contributed by atoms with Gasteiger partial charge in [-0.25, -0.2) is 0 Å². The molecule has 19 heavy (non-hydrogen) atoms. The van der Waals surface area contributed by atoms with Crippen molar-refractivity contribution in [1.82, 2.24) is 10.3 Å². The fourth-order valence-electron chi connectivity index (χ4n) is 2.16. The van der Waals surface area contributed by atoms with E-state index in [1.54, 1.807) is 0 Å². The Balaban J connectivity index is 1.81. The highest BCUT2D eigenvalue weighted by Crippen LogP contribution is 2.11. The lowest BCUT2D eigenvalue weighted by atomic mass is 10.1. The SMILES string of the molecule is CCCCc1ccc(C(=O)NCC2CCOC2)nc1. The van der Waals surface area contributed by atoms with Crippen LogP contribution in [0.2, 0.25) is 0 Å². The predicted molar refractivity (Wildman–Crippen MR) is 74.1 cm³/mol. The molecule has 1 N–H and O–H groups in total. The molecule has 0 bridgehead atoms. The summed E-state index contributed by atoms with van der Waals surface area (Å²) in [6, 6.07) is 3.81. The molecule has 0 saturated carbocycles. The summed E-state index contributed by atoms with van der Waals surface area (Å²) in [5.41, 5.74) is 1.70. The summed E-state index contributed by atoms with van der Waals surface area (Å²) in [6.07, 6.45) is 6.21. The molecule has 1 aliphatic rings. The van der Waals surface area contributed by atoms with Crippen LogP contribution in [-0.2, 0) is 11.2 Å². The molecule has 1 aromatic rings. The van der Waals surface area contributed by atoms with E-state index in [1.165, 1.54) is 12.0 Å². The van der Waals surface area contributed by atoms with Crippen molar-refractivity contribution in [3.05, 3.63) is 29.6 Å². The zero-order chi connectivity index (χ0) is 13.5. The van der Waals surface area contributed by atoms with Crippen molar-refractivity contribution in [2.24, 2.45) is 5.92 Å². The second-order valence-electron chi connectivity index (χ2n) is 5.09. The van der Waals surface area contributed by atoms with Crippen molar-refractivity contribution in [2.45, 2.75) is 32.6 Å². The standard InChI is InChI=1S/C15H22N2O2/c1-2-3-4-12-5-6-14(16-9-12)15(18)17-10-13-7-8-19-11-13/h5-6,9,13H,2-4,7-8,10-11H2,1H3,(H,17,18). The highest BCUT2D eigenvalue weighted by Gasteiger charge is 2.17. The van der Waals surface area contributed by atoms with E-state index in [1.807, 2.05) is 18.3 Å². The largest absolute Gasteiger partial charge is 0.381 e. The van der Waals surface area contributed by atoms with Gasteiger partial charge in [0.2, 0.25) is 0 Å². The molecule has 0 radical (unpaired) electrons. The Hall–Kier alpha value is -1.42. The maximum atomic E-state index is 11.9. The number of ether oxygens (including phenoxy) is 1. The molecule has 2 rings (SSSR count). The molecule has 0 aromatic carbocycles. The minimum Gasteiger partial charge on any atom is -0.381 e. The summed E-state index contributed by atoms with van der Waals surface area (Å²) in [6.45, 7) is 4.41. The normalized spacial score (nSPS) is 18.5. The fraction of sp³-hybridized carbons (Fsp3) is 0.600. The molecule has 4 heteroatoms. The van der Waals surface area contributed by atoms with E-state index in [0.717, 1.165) is 32.5 Å². The van der Waals surface area contributed by atoms with E-state index < -0.39 is 0 Å². The van der Waals surface area contributed by atoms with Gasteiger partial charge in [-0.05, 0) is 30.9 Å². The van der Waals surface area contributed by atoms with E-state index >= 15 is 0 Å². The van der Waals surface area contributed by atoms with E-state index in [0.29, 0.717) is 18.2 Å². The Morgan fingerprint density at radius 3 is 3.05 bits per heavy atom. The summed E-state index contributed by atoms with van der Waals surface area (Å²) in [5.74, 6) is 0.363. The van der Waals surface area contributed by atoms with Gasteiger partial charge < -0.3 is 10.1 Å². The third-order valence-corrected chi connectivity index (χ3v) is 3.45. The Kier molecular flexibility index (Phi) is 5.33. The third-order valence-electron chi connectivity index (χ3n) is 3.45. The molecular formula is C15H22N2O2. The molecular weight excluding hydrogens is 240 g/mol. The smallest absolute Gasteiger partial charge is 0.269 e. The van der Waals surface area contributed by atoms with Crippen LogP contribution in [0.1, 0.15) is 42.2 Å². The summed E-state index contributed by atoms with van der Waals surface area (Å²) in [7, 11) is 0. The van der Waals surface area contributed by atoms with Gasteiger partial charge in [0, 0.05) is 25.3 Å². The molecule has 4 nitrogen and oxygen atoms in total. The molecule has 1 aliphatic heterocycles. The molecule has 0 aliphatic carbocycles. The lowest BCUT2D eigenvalue weighted by molar-refractivity contribution is 0.0940. The van der Waals surface area contributed by atoms with Gasteiger partial charge in [-0.15, -0.1) is 0 Å². The number of nitrogens with one attached hydrogen (secondary N) is 1. The van der Waals surface area contributed by atoms with Crippen LogP contribution < -0.4 is 5.32 Å². The minimum atomic E-state index is -0.0889. The first-order valence-corrected chi connectivity index (χ1v) is 7.10. The second kappa shape index (κ2) is 7.24. The van der Waals surface area contributed by atoms with Crippen molar-refractivity contribution in [3.63, 3.8) is 0 Å². The van der Waals surface area contributed by atoms with Gasteiger partial charge in [0.25, 0.3) is 5.91 Å². The molecule has 104 valence electrons. The van der Waals surface area contributed by atoms with Crippen LogP contribution in [0.25, 0.3) is 0 Å². The van der Waals surface area contributed by atoms with Crippen LogP contribution in [-0.4, -0.2) is 30.6 Å². The van der Waals surface area contributed by atoms with Gasteiger partial charge >= 0.3 is 0 Å². The Morgan fingerprint density at radius 2 is 2.42 bits per heavy atom. The molecule has 1 aromatic heterocycles. The van der Waals surface area contributed by atoms with Gasteiger partial charge in [0.05, 0.1) is 6.61 Å². The first-order valence-electron chi connectivity index (χ1n) is 7.10. The van der Waals surface area contributed by atoms with E-state index in [9.17, 15) is 4.79 Å². The number of pyridine rings is 1. The van der Waals surface area contributed by atoms with Gasteiger partial charge in [-0.2, -0.15) is 0 Å². The van der Waals surface area contributed by atoms with Gasteiger partial charge in [-0.1, -0.05) is 19.4 Å². The van der Waals surface area contributed by atoms with Crippen LogP contribution in [0, 0.1) is 5.92 Å². The highest BCUT2D eigenvalue weighted by atomic mass is 16.5. The first kappa shape index (κ1) is 14.0. The van der Waals surface area contributed by atoms with Crippen molar-refractivity contribution >= 4 is 5.91 Å². The Bertz CT molecular complexity index is 397. The number of unbranched alkanes of at least 4 members (excludes halogenated alkanes) is 1. The number of aryl methyl sites for hydroxylation is 1. The number of carbonyl (C=O) groups is 1. The molecule has 1 fully saturated rings. The summed E-state index contributed by atoms with van der Waals surface area (Å²) in [5, 5.41) is 2.92. The summed E-state index contributed by atoms with van der Waals surface area (Å²) in [4.78, 5) is 16.1. The van der Waals surface area contributed by atoms with Crippen LogP contribution in [0.4, 0.5) is 0 Å². The maximum Gasteiger partial charge on any atom is 0.269 e. The zero-order valence-corrected chi connectivity index (χ0v) is 11.5. The van der Waals surface area contributed by atoms with Crippen molar-refractivity contribution < 1.29 is 9.53 Å². The van der Waals surface area contributed by atoms with Gasteiger partial charge in [-0.3, -0.25) is 9.78 Å². The van der Waals surface area contributed by atoms with Crippen molar-refractivity contribution in [2.75, 3.05) is 19.8 Å². The van der Waals surface area contributed by atoms with Gasteiger partial charge in [0.1, 0.15) is 5.69 Å². The second-order valence-corrected chi connectivity index (χ2v) is 5.09. The van der Waals surface area contributed by atoms with E-state index in [2.05, 4.69) is 17.2 Å². The third kappa shape index (κ3) is 4.31. The zero-order valence-electron chi connectivity index (χ0n) is 11.5. The van der Waals surface area contributed by atoms with Crippen molar-refractivity contribution in [1.29, 1.82) is 0 Å². The monoisotopic (exact) mass is 262 g/mol. The molecule has 1 saturated heterocycles. The number of hydrogen-bond donors (Lipinski definition) is 1. The number of amides is 1. The lowest BCUT2D eigenvalue weighted by Crippen LogP contribution is -2.30. The molecule has 1 unspecified atom stereocenters. The molecule has 1 amide bonds. The predicted octanol–water partition coefficient (Wildman–Crippen LogP) is 2.19. The average Bonchev–Trinajstić information content (AvgIpc) is 2.96. The number of carbonyl (C=O) groups excluding carboxylic acids is 1. The highest BCUT2D eigenvalue weighted by molar-refractivity contribution is 5.92. The summed E-state index contributed by atoms with van der Waals surface area (Å²) < 4.78 is 5.28. The topological polar surface area (TPSA) is 51.2 Å². The van der Waals surface area contributed by atoms with E-state index in [-0.39, 0.29) is 5.91 Å². The van der Waals surface area contributed by atoms with Crippen LogP contribution in [0.5, 0.6) is 0 Å². The van der Waals surface area contributed by atoms with Crippen LogP contribution in [0.3, 0.4) is 0 Å². The Morgan fingerprint density at radius 1 is 1.53 bits per heavy atom. The van der Waals surface area contributed by atoms with Crippen LogP contribution in [0.15, 0.2) is 18.3 Å².